The van der Waals surface area contributed by atoms with E-state index in [1.165, 1.54) is 16.8 Å². The molecule has 0 unspecified atom stereocenters. The van der Waals surface area contributed by atoms with Crippen molar-refractivity contribution in [2.75, 3.05) is 0 Å². The molecule has 0 spiro atoms. The second kappa shape index (κ2) is 4.97. The van der Waals surface area contributed by atoms with Gasteiger partial charge in [0, 0.05) is 18.1 Å². The Morgan fingerprint density at radius 2 is 2.19 bits per heavy atom. The zero-order chi connectivity index (χ0) is 15.0. The number of benzene rings is 1. The number of rotatable bonds is 4. The highest BCUT2D eigenvalue weighted by molar-refractivity contribution is 5.87. The first-order valence-corrected chi connectivity index (χ1v) is 6.51. The van der Waals surface area contributed by atoms with E-state index in [2.05, 4.69) is 10.3 Å². The Kier molecular flexibility index (Phi) is 3.13. The molecular formula is C13H12N4O4. The molecule has 0 aliphatic heterocycles. The van der Waals surface area contributed by atoms with Gasteiger partial charge in [-0.2, -0.15) is 0 Å². The molecule has 8 nitrogen and oxygen atoms in total. The van der Waals surface area contributed by atoms with E-state index in [4.69, 9.17) is 0 Å². The minimum atomic E-state index is -1.13. The average Bonchev–Trinajstić information content (AvgIpc) is 2.81. The number of aromatic nitrogens is 3. The van der Waals surface area contributed by atoms with Gasteiger partial charge < -0.3 is 5.11 Å². The first-order valence-electron chi connectivity index (χ1n) is 6.51. The Morgan fingerprint density at radius 3 is 2.76 bits per heavy atom. The highest BCUT2D eigenvalue weighted by Gasteiger charge is 2.31. The maximum Gasteiger partial charge on any atom is 0.358 e. The van der Waals surface area contributed by atoms with E-state index in [1.54, 1.807) is 12.1 Å². The van der Waals surface area contributed by atoms with Gasteiger partial charge in [0.25, 0.3) is 5.69 Å². The van der Waals surface area contributed by atoms with Crippen molar-refractivity contribution in [3.8, 4) is 5.69 Å². The summed E-state index contributed by atoms with van der Waals surface area (Å²) in [4.78, 5) is 21.6. The summed E-state index contributed by atoms with van der Waals surface area (Å²) in [5, 5.41) is 27.7. The molecule has 0 radical (unpaired) electrons. The number of nitrogens with zero attached hydrogens (tertiary/aromatic N) is 4. The maximum atomic E-state index is 11.3. The van der Waals surface area contributed by atoms with Crippen molar-refractivity contribution < 1.29 is 14.8 Å². The fourth-order valence-electron chi connectivity index (χ4n) is 2.42. The van der Waals surface area contributed by atoms with Crippen LogP contribution in [0, 0.1) is 10.1 Å². The molecule has 1 fully saturated rings. The lowest BCUT2D eigenvalue weighted by atomic mass is 9.82. The number of nitro benzene ring substituents is 1. The van der Waals surface area contributed by atoms with Crippen LogP contribution in [0.3, 0.4) is 0 Å². The fraction of sp³-hybridized carbons (Fsp3) is 0.308. The van der Waals surface area contributed by atoms with Gasteiger partial charge in [-0.25, -0.2) is 9.48 Å². The molecule has 1 aromatic carbocycles. The molecule has 1 aromatic heterocycles. The third kappa shape index (κ3) is 2.24. The van der Waals surface area contributed by atoms with E-state index in [1.807, 2.05) is 0 Å². The lowest BCUT2D eigenvalue weighted by Crippen LogP contribution is -2.17. The van der Waals surface area contributed by atoms with Crippen molar-refractivity contribution in [1.29, 1.82) is 0 Å². The Hall–Kier alpha value is -2.77. The molecule has 1 aliphatic rings. The summed E-state index contributed by atoms with van der Waals surface area (Å²) in [7, 11) is 0. The highest BCUT2D eigenvalue weighted by Crippen LogP contribution is 2.38. The lowest BCUT2D eigenvalue weighted by molar-refractivity contribution is -0.384. The summed E-state index contributed by atoms with van der Waals surface area (Å²) < 4.78 is 1.40. The van der Waals surface area contributed by atoms with Crippen molar-refractivity contribution in [2.24, 2.45) is 0 Å². The SMILES string of the molecule is O=C(O)c1nnn(-c2cccc([N+](=O)[O-])c2)c1C1CCC1. The minimum absolute atomic E-state index is 0.0700. The van der Waals surface area contributed by atoms with Crippen molar-refractivity contribution in [2.45, 2.75) is 25.2 Å². The maximum absolute atomic E-state index is 11.3. The first-order chi connectivity index (χ1) is 10.1. The predicted molar refractivity (Wildman–Crippen MR) is 71.6 cm³/mol. The van der Waals surface area contributed by atoms with E-state index in [0.29, 0.717) is 11.4 Å². The zero-order valence-corrected chi connectivity index (χ0v) is 11.0. The van der Waals surface area contributed by atoms with E-state index < -0.39 is 10.9 Å². The van der Waals surface area contributed by atoms with Crippen molar-refractivity contribution in [3.05, 3.63) is 45.8 Å². The smallest absolute Gasteiger partial charge is 0.358 e. The summed E-state index contributed by atoms with van der Waals surface area (Å²) in [5.41, 5.74) is 0.825. The molecule has 2 aromatic rings. The molecule has 3 rings (SSSR count). The minimum Gasteiger partial charge on any atom is -0.476 e. The molecule has 0 bridgehead atoms. The number of non-ortho nitro benzene ring substituents is 1. The third-order valence-corrected chi connectivity index (χ3v) is 3.68. The van der Waals surface area contributed by atoms with Gasteiger partial charge in [0.1, 0.15) is 0 Å². The van der Waals surface area contributed by atoms with Crippen molar-refractivity contribution in [3.63, 3.8) is 0 Å². The van der Waals surface area contributed by atoms with Gasteiger partial charge in [-0.1, -0.05) is 17.7 Å². The number of carboxylic acid groups (broad SMARTS) is 1. The molecule has 1 saturated carbocycles. The van der Waals surface area contributed by atoms with E-state index in [9.17, 15) is 20.0 Å². The Bertz CT molecular complexity index is 721. The van der Waals surface area contributed by atoms with Crippen molar-refractivity contribution >= 4 is 11.7 Å². The molecule has 1 aliphatic carbocycles. The number of hydrogen-bond donors (Lipinski definition) is 1. The second-order valence-electron chi connectivity index (χ2n) is 4.95. The monoisotopic (exact) mass is 288 g/mol. The summed E-state index contributed by atoms with van der Waals surface area (Å²) in [6.07, 6.45) is 2.79. The van der Waals surface area contributed by atoms with Crippen LogP contribution < -0.4 is 0 Å². The molecule has 0 saturated heterocycles. The van der Waals surface area contributed by atoms with Crippen molar-refractivity contribution in [1.82, 2.24) is 15.0 Å². The quantitative estimate of drug-likeness (QED) is 0.681. The van der Waals surface area contributed by atoms with E-state index >= 15 is 0 Å². The number of aromatic carboxylic acids is 1. The standard InChI is InChI=1S/C13H12N4O4/c18-13(19)11-12(8-3-1-4-8)16(15-14-11)9-5-2-6-10(7-9)17(20)21/h2,5-8H,1,3-4H2,(H,18,19). The van der Waals surface area contributed by atoms with Crippen LogP contribution >= 0.6 is 0 Å². The molecule has 8 heteroatoms. The first kappa shape index (κ1) is 13.2. The topological polar surface area (TPSA) is 111 Å². The van der Waals surface area contributed by atoms with Gasteiger partial charge in [-0.3, -0.25) is 10.1 Å². The molecule has 108 valence electrons. The zero-order valence-electron chi connectivity index (χ0n) is 11.0. The predicted octanol–water partition coefficient (Wildman–Crippen LogP) is 2.14. The number of carboxylic acids is 1. The van der Waals surface area contributed by atoms with Gasteiger partial charge in [0.15, 0.2) is 5.69 Å². The summed E-state index contributed by atoms with van der Waals surface area (Å²) >= 11 is 0. The summed E-state index contributed by atoms with van der Waals surface area (Å²) in [6.45, 7) is 0. The average molecular weight is 288 g/mol. The van der Waals surface area contributed by atoms with Crippen LogP contribution in [-0.2, 0) is 0 Å². The third-order valence-electron chi connectivity index (χ3n) is 3.68. The summed E-state index contributed by atoms with van der Waals surface area (Å²) in [5.74, 6) is -1.04. The van der Waals surface area contributed by atoms with Gasteiger partial charge in [0.05, 0.1) is 16.3 Å². The molecule has 21 heavy (non-hydrogen) atoms. The van der Waals surface area contributed by atoms with E-state index in [0.717, 1.165) is 19.3 Å². The fourth-order valence-corrected chi connectivity index (χ4v) is 2.42. The van der Waals surface area contributed by atoms with Gasteiger partial charge in [0.2, 0.25) is 0 Å². The Balaban J connectivity index is 2.11. The highest BCUT2D eigenvalue weighted by atomic mass is 16.6. The number of hydrogen-bond acceptors (Lipinski definition) is 5. The van der Waals surface area contributed by atoms with Crippen LogP contribution in [0.5, 0.6) is 0 Å². The van der Waals surface area contributed by atoms with Crippen LogP contribution in [0.2, 0.25) is 0 Å². The van der Waals surface area contributed by atoms with Gasteiger partial charge >= 0.3 is 5.97 Å². The molecule has 0 atom stereocenters. The van der Waals surface area contributed by atoms with Crippen LogP contribution in [0.25, 0.3) is 5.69 Å². The second-order valence-corrected chi connectivity index (χ2v) is 4.95. The van der Waals surface area contributed by atoms with Crippen LogP contribution in [0.15, 0.2) is 24.3 Å². The molecule has 1 heterocycles. The number of carbonyl (C=O) groups is 1. The lowest BCUT2D eigenvalue weighted by Gasteiger charge is -2.26. The normalized spacial score (nSPS) is 14.7. The molecule has 1 N–H and O–H groups in total. The van der Waals surface area contributed by atoms with Gasteiger partial charge in [-0.15, -0.1) is 5.10 Å². The van der Waals surface area contributed by atoms with Gasteiger partial charge in [-0.05, 0) is 18.9 Å². The number of nitro groups is 1. The molecular weight excluding hydrogens is 276 g/mol. The molecule has 0 amide bonds. The largest absolute Gasteiger partial charge is 0.476 e. The van der Waals surface area contributed by atoms with Crippen LogP contribution in [0.1, 0.15) is 41.4 Å². The van der Waals surface area contributed by atoms with E-state index in [-0.39, 0.29) is 17.3 Å². The Morgan fingerprint density at radius 1 is 1.43 bits per heavy atom. The van der Waals surface area contributed by atoms with Crippen LogP contribution in [0.4, 0.5) is 5.69 Å². The Labute approximate surface area is 119 Å². The summed E-state index contributed by atoms with van der Waals surface area (Å²) in [6, 6.07) is 5.93. The van der Waals surface area contributed by atoms with Crippen LogP contribution in [-0.4, -0.2) is 31.0 Å².